The highest BCUT2D eigenvalue weighted by Gasteiger charge is 2.53. The van der Waals surface area contributed by atoms with E-state index >= 15 is 0 Å². The first-order valence-corrected chi connectivity index (χ1v) is 11.2. The van der Waals surface area contributed by atoms with Crippen molar-refractivity contribution in [3.05, 3.63) is 95.3 Å². The number of hydrogen-bond donors (Lipinski definition) is 2. The Balaban J connectivity index is 1.34. The lowest BCUT2D eigenvalue weighted by Gasteiger charge is -2.43. The molecule has 4 heteroatoms. The van der Waals surface area contributed by atoms with Crippen molar-refractivity contribution < 1.29 is 9.18 Å². The van der Waals surface area contributed by atoms with Gasteiger partial charge in [0.25, 0.3) is 5.91 Å². The number of fused-ring (bicyclic) bond motifs is 7. The monoisotopic (exact) mass is 412 g/mol. The van der Waals surface area contributed by atoms with Gasteiger partial charge in [0.2, 0.25) is 0 Å². The fourth-order valence-corrected chi connectivity index (χ4v) is 6.35. The Kier molecular flexibility index (Phi) is 4.34. The number of halogens is 1. The lowest BCUT2D eigenvalue weighted by molar-refractivity contribution is 0.102. The average molecular weight is 413 g/mol. The van der Waals surface area contributed by atoms with E-state index in [1.165, 1.54) is 42.5 Å². The van der Waals surface area contributed by atoms with E-state index in [2.05, 4.69) is 53.1 Å². The molecule has 5 atom stereocenters. The first-order valence-electron chi connectivity index (χ1n) is 11.2. The van der Waals surface area contributed by atoms with Gasteiger partial charge in [0.1, 0.15) is 5.82 Å². The van der Waals surface area contributed by atoms with E-state index in [0.29, 0.717) is 35.0 Å². The van der Waals surface area contributed by atoms with Gasteiger partial charge in [-0.25, -0.2) is 4.39 Å². The van der Waals surface area contributed by atoms with Crippen molar-refractivity contribution in [3.8, 4) is 0 Å². The SMILES string of the molecule is O=C(Nc1ccc(F)cc1)c1ccc2c(c1)[C@@H]1[C@H]3CC[C@H](C3)[C@@H]1[C@@H](c1ccccc1)N2. The molecule has 2 N–H and O–H groups in total. The molecule has 156 valence electrons. The van der Waals surface area contributed by atoms with Crippen molar-refractivity contribution in [2.45, 2.75) is 31.2 Å². The molecule has 0 unspecified atom stereocenters. The minimum atomic E-state index is -0.312. The van der Waals surface area contributed by atoms with Crippen LogP contribution in [-0.4, -0.2) is 5.91 Å². The lowest BCUT2D eigenvalue weighted by atomic mass is 9.68. The smallest absolute Gasteiger partial charge is 0.255 e. The van der Waals surface area contributed by atoms with E-state index in [1.54, 1.807) is 12.1 Å². The minimum absolute atomic E-state index is 0.153. The molecule has 1 amide bonds. The maximum atomic E-state index is 13.2. The number of anilines is 2. The molecule has 2 bridgehead atoms. The molecule has 2 fully saturated rings. The Morgan fingerprint density at radius 3 is 2.52 bits per heavy atom. The fourth-order valence-electron chi connectivity index (χ4n) is 6.35. The third-order valence-electron chi connectivity index (χ3n) is 7.61. The normalized spacial score (nSPS) is 27.8. The highest BCUT2D eigenvalue weighted by molar-refractivity contribution is 6.04. The lowest BCUT2D eigenvalue weighted by Crippen LogP contribution is -2.35. The van der Waals surface area contributed by atoms with Gasteiger partial charge in [-0.3, -0.25) is 4.79 Å². The fraction of sp³-hybridized carbons (Fsp3) is 0.296. The zero-order chi connectivity index (χ0) is 20.9. The second-order valence-electron chi connectivity index (χ2n) is 9.23. The predicted octanol–water partition coefficient (Wildman–Crippen LogP) is 6.37. The molecule has 1 heterocycles. The van der Waals surface area contributed by atoms with Crippen molar-refractivity contribution in [2.24, 2.45) is 17.8 Å². The van der Waals surface area contributed by atoms with E-state index in [9.17, 15) is 9.18 Å². The molecule has 6 rings (SSSR count). The molecule has 2 aliphatic carbocycles. The van der Waals surface area contributed by atoms with Crippen LogP contribution in [0.4, 0.5) is 15.8 Å². The molecular weight excluding hydrogens is 387 g/mol. The molecule has 0 radical (unpaired) electrons. The number of hydrogen-bond acceptors (Lipinski definition) is 2. The first-order chi connectivity index (χ1) is 15.2. The van der Waals surface area contributed by atoms with Gasteiger partial charge in [-0.1, -0.05) is 30.3 Å². The number of nitrogens with one attached hydrogen (secondary N) is 2. The predicted molar refractivity (Wildman–Crippen MR) is 121 cm³/mol. The highest BCUT2D eigenvalue weighted by Crippen LogP contribution is 2.63. The van der Waals surface area contributed by atoms with Crippen LogP contribution in [0.3, 0.4) is 0 Å². The summed E-state index contributed by atoms with van der Waals surface area (Å²) >= 11 is 0. The number of carbonyl (C=O) groups is 1. The summed E-state index contributed by atoms with van der Waals surface area (Å²) in [5.74, 6) is 2.06. The van der Waals surface area contributed by atoms with E-state index < -0.39 is 0 Å². The van der Waals surface area contributed by atoms with Crippen LogP contribution in [0.25, 0.3) is 0 Å². The topological polar surface area (TPSA) is 41.1 Å². The van der Waals surface area contributed by atoms with Crippen LogP contribution < -0.4 is 10.6 Å². The van der Waals surface area contributed by atoms with Crippen LogP contribution >= 0.6 is 0 Å². The van der Waals surface area contributed by atoms with Crippen molar-refractivity contribution in [1.82, 2.24) is 0 Å². The van der Waals surface area contributed by atoms with Gasteiger partial charge in [0.05, 0.1) is 6.04 Å². The van der Waals surface area contributed by atoms with Crippen LogP contribution in [0.5, 0.6) is 0 Å². The summed E-state index contributed by atoms with van der Waals surface area (Å²) in [6.07, 6.45) is 3.90. The number of amides is 1. The Labute approximate surface area is 181 Å². The van der Waals surface area contributed by atoms with Gasteiger partial charge in [-0.15, -0.1) is 0 Å². The molecule has 31 heavy (non-hydrogen) atoms. The Morgan fingerprint density at radius 1 is 0.935 bits per heavy atom. The highest BCUT2D eigenvalue weighted by atomic mass is 19.1. The summed E-state index contributed by atoms with van der Waals surface area (Å²) < 4.78 is 13.2. The number of benzene rings is 3. The maximum absolute atomic E-state index is 13.2. The number of rotatable bonds is 3. The molecule has 3 aromatic rings. The number of carbonyl (C=O) groups excluding carboxylic acids is 1. The molecule has 1 aliphatic heterocycles. The van der Waals surface area contributed by atoms with Gasteiger partial charge < -0.3 is 10.6 Å². The largest absolute Gasteiger partial charge is 0.378 e. The first kappa shape index (κ1) is 18.6. The van der Waals surface area contributed by atoms with Crippen LogP contribution in [0.2, 0.25) is 0 Å². The zero-order valence-corrected chi connectivity index (χ0v) is 17.2. The zero-order valence-electron chi connectivity index (χ0n) is 17.2. The van der Waals surface area contributed by atoms with E-state index in [4.69, 9.17) is 0 Å². The van der Waals surface area contributed by atoms with Crippen molar-refractivity contribution in [3.63, 3.8) is 0 Å². The standard InChI is InChI=1S/C27H25FN2O/c28-20-9-11-21(12-10-20)29-27(31)19-8-13-23-22(15-19)24-17-6-7-18(14-17)25(24)26(30-23)16-4-2-1-3-5-16/h1-5,8-13,15,17-18,24-26,30H,6-7,14H2,(H,29,31)/t17-,18+,24-,25-,26+/m0/s1. The Morgan fingerprint density at radius 2 is 1.71 bits per heavy atom. The summed E-state index contributed by atoms with van der Waals surface area (Å²) in [5.41, 5.74) is 5.06. The molecule has 2 saturated carbocycles. The van der Waals surface area contributed by atoms with Gasteiger partial charge in [0, 0.05) is 16.9 Å². The second kappa shape index (κ2) is 7.23. The van der Waals surface area contributed by atoms with Crippen LogP contribution in [-0.2, 0) is 0 Å². The van der Waals surface area contributed by atoms with Crippen LogP contribution in [0.15, 0.2) is 72.8 Å². The van der Waals surface area contributed by atoms with Crippen molar-refractivity contribution in [1.29, 1.82) is 0 Å². The van der Waals surface area contributed by atoms with E-state index in [-0.39, 0.29) is 11.7 Å². The second-order valence-corrected chi connectivity index (χ2v) is 9.23. The minimum Gasteiger partial charge on any atom is -0.378 e. The molecule has 0 spiro atoms. The molecule has 3 aliphatic rings. The summed E-state index contributed by atoms with van der Waals surface area (Å²) in [5, 5.41) is 6.71. The average Bonchev–Trinajstić information content (AvgIpc) is 3.43. The van der Waals surface area contributed by atoms with E-state index in [1.807, 2.05) is 6.07 Å². The van der Waals surface area contributed by atoms with Gasteiger partial charge >= 0.3 is 0 Å². The van der Waals surface area contributed by atoms with Crippen LogP contribution in [0, 0.1) is 23.6 Å². The third kappa shape index (κ3) is 3.13. The third-order valence-corrected chi connectivity index (χ3v) is 7.61. The summed E-state index contributed by atoms with van der Waals surface area (Å²) in [4.78, 5) is 12.9. The van der Waals surface area contributed by atoms with Gasteiger partial charge in [-0.05, 0) is 96.5 Å². The summed E-state index contributed by atoms with van der Waals surface area (Å²) in [6.45, 7) is 0. The van der Waals surface area contributed by atoms with Gasteiger partial charge in [0.15, 0.2) is 0 Å². The summed E-state index contributed by atoms with van der Waals surface area (Å²) in [6, 6.07) is 23.0. The molecule has 3 aromatic carbocycles. The van der Waals surface area contributed by atoms with Crippen molar-refractivity contribution >= 4 is 17.3 Å². The van der Waals surface area contributed by atoms with Gasteiger partial charge in [-0.2, -0.15) is 0 Å². The quantitative estimate of drug-likeness (QED) is 0.524. The molecule has 0 aromatic heterocycles. The molecule has 0 saturated heterocycles. The summed E-state index contributed by atoms with van der Waals surface area (Å²) in [7, 11) is 0. The van der Waals surface area contributed by atoms with Crippen molar-refractivity contribution in [2.75, 3.05) is 10.6 Å². The molecular formula is C27H25FN2O. The maximum Gasteiger partial charge on any atom is 0.255 e. The molecule has 3 nitrogen and oxygen atoms in total. The van der Waals surface area contributed by atoms with E-state index in [0.717, 1.165) is 11.6 Å². The van der Waals surface area contributed by atoms with Crippen LogP contribution in [0.1, 0.15) is 52.7 Å². The Hall–Kier alpha value is -3.14. The Bertz CT molecular complexity index is 1130.